The number of piperidine rings is 1. The molecular weight excluding hydrogens is 324 g/mol. The third-order valence-corrected chi connectivity index (χ3v) is 6.58. The number of H-pyrrole nitrogens is 1. The highest BCUT2D eigenvalue weighted by molar-refractivity contribution is 5.24. The molecule has 2 aliphatic rings. The van der Waals surface area contributed by atoms with Gasteiger partial charge in [-0.1, -0.05) is 18.1 Å². The van der Waals surface area contributed by atoms with Crippen molar-refractivity contribution in [1.29, 1.82) is 0 Å². The van der Waals surface area contributed by atoms with E-state index < -0.39 is 0 Å². The lowest BCUT2D eigenvalue weighted by atomic mass is 9.99. The molecule has 2 aromatic rings. The van der Waals surface area contributed by atoms with Crippen LogP contribution >= 0.6 is 0 Å². The number of aromatic nitrogens is 5. The first-order valence-corrected chi connectivity index (χ1v) is 10.3. The van der Waals surface area contributed by atoms with Crippen molar-refractivity contribution in [2.75, 3.05) is 13.1 Å². The molecule has 0 aromatic carbocycles. The second kappa shape index (κ2) is 7.51. The topological polar surface area (TPSA) is 62.6 Å². The van der Waals surface area contributed by atoms with Crippen molar-refractivity contribution in [3.8, 4) is 0 Å². The van der Waals surface area contributed by atoms with Crippen LogP contribution in [0.4, 0.5) is 0 Å². The van der Waals surface area contributed by atoms with Crippen molar-refractivity contribution in [3.05, 3.63) is 28.8 Å². The van der Waals surface area contributed by atoms with Crippen LogP contribution in [0.15, 0.2) is 6.20 Å². The normalized spacial score (nSPS) is 21.5. The smallest absolute Gasteiger partial charge is 0.0858 e. The summed E-state index contributed by atoms with van der Waals surface area (Å²) < 4.78 is 2.15. The molecule has 4 rings (SSSR count). The van der Waals surface area contributed by atoms with E-state index in [1.165, 1.54) is 55.5 Å². The number of likely N-dealkylation sites (tertiary alicyclic amines) is 1. The first-order chi connectivity index (χ1) is 12.6. The fraction of sp³-hybridized carbons (Fsp3) is 0.750. The van der Waals surface area contributed by atoms with E-state index in [1.807, 2.05) is 0 Å². The molecule has 142 valence electrons. The van der Waals surface area contributed by atoms with Gasteiger partial charge in [0.2, 0.25) is 0 Å². The first-order valence-electron chi connectivity index (χ1n) is 10.3. The minimum Gasteiger partial charge on any atom is -0.300 e. The van der Waals surface area contributed by atoms with E-state index in [-0.39, 0.29) is 0 Å². The Morgan fingerprint density at radius 2 is 1.88 bits per heavy atom. The van der Waals surface area contributed by atoms with E-state index in [0.717, 1.165) is 25.2 Å². The van der Waals surface area contributed by atoms with E-state index in [4.69, 9.17) is 0 Å². The van der Waals surface area contributed by atoms with Gasteiger partial charge in [0.25, 0.3) is 0 Å². The molecule has 1 atom stereocenters. The summed E-state index contributed by atoms with van der Waals surface area (Å²) in [6, 6.07) is 1.06. The van der Waals surface area contributed by atoms with Crippen molar-refractivity contribution in [2.24, 2.45) is 0 Å². The maximum Gasteiger partial charge on any atom is 0.0858 e. The van der Waals surface area contributed by atoms with Crippen molar-refractivity contribution in [3.63, 3.8) is 0 Å². The average molecular weight is 357 g/mol. The molecular formula is C20H32N6. The Morgan fingerprint density at radius 3 is 2.54 bits per heavy atom. The summed E-state index contributed by atoms with van der Waals surface area (Å²) in [5.41, 5.74) is 4.97. The van der Waals surface area contributed by atoms with Crippen LogP contribution in [0.5, 0.6) is 0 Å². The first kappa shape index (κ1) is 17.7. The zero-order chi connectivity index (χ0) is 18.1. The van der Waals surface area contributed by atoms with Crippen LogP contribution < -0.4 is 0 Å². The van der Waals surface area contributed by atoms with E-state index in [1.54, 1.807) is 0 Å². The second-order valence-electron chi connectivity index (χ2n) is 8.34. The average Bonchev–Trinajstić information content (AvgIpc) is 3.39. The molecule has 6 nitrogen and oxygen atoms in total. The van der Waals surface area contributed by atoms with Crippen molar-refractivity contribution in [2.45, 2.75) is 83.7 Å². The quantitative estimate of drug-likeness (QED) is 0.890. The summed E-state index contributed by atoms with van der Waals surface area (Å²) in [4.78, 5) is 2.62. The third-order valence-electron chi connectivity index (χ3n) is 6.58. The highest BCUT2D eigenvalue weighted by Crippen LogP contribution is 2.33. The Kier molecular flexibility index (Phi) is 5.11. The van der Waals surface area contributed by atoms with Crippen LogP contribution in [-0.2, 0) is 6.42 Å². The van der Waals surface area contributed by atoms with Crippen LogP contribution in [0.3, 0.4) is 0 Å². The van der Waals surface area contributed by atoms with Crippen LogP contribution in [0, 0.1) is 13.8 Å². The molecule has 1 unspecified atom stereocenters. The van der Waals surface area contributed by atoms with Crippen LogP contribution in [-0.4, -0.2) is 49.2 Å². The van der Waals surface area contributed by atoms with Gasteiger partial charge in [0.1, 0.15) is 0 Å². The molecule has 0 spiro atoms. The molecule has 2 aromatic heterocycles. The Balaban J connectivity index is 1.32. The number of nitrogens with one attached hydrogen (secondary N) is 1. The third kappa shape index (κ3) is 3.56. The molecule has 3 heterocycles. The molecule has 1 saturated carbocycles. The lowest BCUT2D eigenvalue weighted by Gasteiger charge is -2.36. The fourth-order valence-electron chi connectivity index (χ4n) is 4.77. The summed E-state index contributed by atoms with van der Waals surface area (Å²) in [6.07, 6.45) is 10.9. The molecule has 0 radical (unpaired) electrons. The molecule has 0 amide bonds. The Bertz CT molecular complexity index is 699. The highest BCUT2D eigenvalue weighted by atomic mass is 15.4. The predicted octanol–water partition coefficient (Wildman–Crippen LogP) is 3.54. The van der Waals surface area contributed by atoms with Gasteiger partial charge in [-0.2, -0.15) is 5.10 Å². The van der Waals surface area contributed by atoms with Crippen LogP contribution in [0.1, 0.15) is 80.1 Å². The molecule has 1 saturated heterocycles. The minimum absolute atomic E-state index is 0.513. The molecule has 6 heteroatoms. The maximum atomic E-state index is 4.49. The zero-order valence-electron chi connectivity index (χ0n) is 16.4. The van der Waals surface area contributed by atoms with Crippen LogP contribution in [0.25, 0.3) is 0 Å². The van der Waals surface area contributed by atoms with Crippen molar-refractivity contribution >= 4 is 0 Å². The molecule has 26 heavy (non-hydrogen) atoms. The SMILES string of the molecule is Cc1n[nH]c(C)c1CC(C)N1CCC(n2cc(C3CCCC3)nn2)CC1. The standard InChI is InChI=1S/C20H32N6/c1-14(12-19-15(2)21-22-16(19)3)25-10-8-18(9-11-25)26-13-20(23-24-26)17-6-4-5-7-17/h13-14,17-18H,4-12H2,1-3H3,(H,21,22). The number of rotatable bonds is 5. The number of aryl methyl sites for hydroxylation is 2. The molecule has 1 aliphatic heterocycles. The molecule has 0 bridgehead atoms. The van der Waals surface area contributed by atoms with Crippen LogP contribution in [0.2, 0.25) is 0 Å². The Morgan fingerprint density at radius 1 is 1.15 bits per heavy atom. The largest absolute Gasteiger partial charge is 0.300 e. The predicted molar refractivity (Wildman–Crippen MR) is 102 cm³/mol. The van der Waals surface area contributed by atoms with E-state index in [9.17, 15) is 0 Å². The molecule has 2 fully saturated rings. The lowest BCUT2D eigenvalue weighted by molar-refractivity contribution is 0.137. The van der Waals surface area contributed by atoms with E-state index >= 15 is 0 Å². The van der Waals surface area contributed by atoms with Crippen molar-refractivity contribution in [1.82, 2.24) is 30.1 Å². The molecule has 1 N–H and O–H groups in total. The van der Waals surface area contributed by atoms with E-state index in [0.29, 0.717) is 18.0 Å². The summed E-state index contributed by atoms with van der Waals surface area (Å²) in [6.45, 7) is 8.85. The van der Waals surface area contributed by atoms with Gasteiger partial charge < -0.3 is 4.90 Å². The van der Waals surface area contributed by atoms with E-state index in [2.05, 4.69) is 57.1 Å². The van der Waals surface area contributed by atoms with Gasteiger partial charge in [0.15, 0.2) is 0 Å². The number of aromatic amines is 1. The maximum absolute atomic E-state index is 4.49. The van der Waals surface area contributed by atoms with Gasteiger partial charge in [0.05, 0.1) is 17.4 Å². The lowest BCUT2D eigenvalue weighted by Crippen LogP contribution is -2.41. The molecule has 1 aliphatic carbocycles. The van der Waals surface area contributed by atoms with Crippen molar-refractivity contribution < 1.29 is 0 Å². The van der Waals surface area contributed by atoms with Gasteiger partial charge in [-0.25, -0.2) is 4.68 Å². The van der Waals surface area contributed by atoms with Gasteiger partial charge in [-0.15, -0.1) is 5.10 Å². The summed E-state index contributed by atoms with van der Waals surface area (Å²) in [5.74, 6) is 0.658. The highest BCUT2D eigenvalue weighted by Gasteiger charge is 2.27. The van der Waals surface area contributed by atoms with Gasteiger partial charge in [0, 0.05) is 36.9 Å². The van der Waals surface area contributed by atoms with Gasteiger partial charge in [-0.3, -0.25) is 5.10 Å². The monoisotopic (exact) mass is 356 g/mol. The summed E-state index contributed by atoms with van der Waals surface area (Å²) in [7, 11) is 0. The summed E-state index contributed by atoms with van der Waals surface area (Å²) >= 11 is 0. The number of hydrogen-bond acceptors (Lipinski definition) is 4. The number of hydrogen-bond donors (Lipinski definition) is 1. The van der Waals surface area contributed by atoms with Gasteiger partial charge in [-0.05, 0) is 58.4 Å². The Labute approximate surface area is 156 Å². The van der Waals surface area contributed by atoms with Gasteiger partial charge >= 0.3 is 0 Å². The second-order valence-corrected chi connectivity index (χ2v) is 8.34. The zero-order valence-corrected chi connectivity index (χ0v) is 16.4. The Hall–Kier alpha value is -1.69. The number of nitrogens with zero attached hydrogens (tertiary/aromatic N) is 5. The summed E-state index contributed by atoms with van der Waals surface area (Å²) in [5, 5.41) is 16.4. The minimum atomic E-state index is 0.513. The fourth-order valence-corrected chi connectivity index (χ4v) is 4.77.